The molecule has 0 unspecified atom stereocenters. The molecule has 1 aromatic heterocycles. The van der Waals surface area contributed by atoms with Gasteiger partial charge in [0, 0.05) is 14.1 Å². The van der Waals surface area contributed by atoms with Gasteiger partial charge in [0.15, 0.2) is 12.4 Å². The molecule has 0 bridgehead atoms. The first kappa shape index (κ1) is 21.1. The van der Waals surface area contributed by atoms with Crippen LogP contribution in [-0.4, -0.2) is 47.0 Å². The lowest BCUT2D eigenvalue weighted by Crippen LogP contribution is -2.45. The summed E-state index contributed by atoms with van der Waals surface area (Å²) in [6.45, 7) is 3.50. The molecule has 0 aliphatic heterocycles. The Kier molecular flexibility index (Phi) is 7.25. The molecule has 28 heavy (non-hydrogen) atoms. The van der Waals surface area contributed by atoms with Gasteiger partial charge in [-0.1, -0.05) is 44.2 Å². The topological polar surface area (TPSA) is 123 Å². The van der Waals surface area contributed by atoms with E-state index in [2.05, 4.69) is 20.3 Å². The number of anilines is 2. The molecule has 1 aromatic carbocycles. The fourth-order valence-corrected chi connectivity index (χ4v) is 2.42. The first-order valence-corrected chi connectivity index (χ1v) is 8.94. The minimum absolute atomic E-state index is 0.0429. The lowest BCUT2D eigenvalue weighted by molar-refractivity contribution is -0.150. The van der Waals surface area contributed by atoms with Gasteiger partial charge in [0.25, 0.3) is 0 Å². The molecule has 3 N–H and O–H groups in total. The molecular weight excluding hydrogens is 360 g/mol. The monoisotopic (exact) mass is 386 g/mol. The number of nitrogens with zero attached hydrogens (tertiary/aromatic N) is 4. The second-order valence-electron chi connectivity index (χ2n) is 6.86. The van der Waals surface area contributed by atoms with Gasteiger partial charge in [0.1, 0.15) is 6.04 Å². The predicted octanol–water partition coefficient (Wildman–Crippen LogP) is 0.947. The Labute approximate surface area is 164 Å². The van der Waals surface area contributed by atoms with Crippen LogP contribution in [0.4, 0.5) is 11.9 Å². The molecule has 1 atom stereocenters. The van der Waals surface area contributed by atoms with Crippen LogP contribution in [0, 0.1) is 5.92 Å². The maximum Gasteiger partial charge on any atom is 0.329 e. The van der Waals surface area contributed by atoms with Crippen molar-refractivity contribution < 1.29 is 14.3 Å². The molecule has 1 heterocycles. The van der Waals surface area contributed by atoms with E-state index in [-0.39, 0.29) is 36.6 Å². The Balaban J connectivity index is 1.98. The van der Waals surface area contributed by atoms with E-state index >= 15 is 0 Å². The minimum Gasteiger partial charge on any atom is -0.456 e. The number of amides is 1. The largest absolute Gasteiger partial charge is 0.456 e. The summed E-state index contributed by atoms with van der Waals surface area (Å²) in [5, 5.41) is 2.74. The average molecular weight is 386 g/mol. The molecule has 0 fully saturated rings. The summed E-state index contributed by atoms with van der Waals surface area (Å²) in [5.74, 6) is -0.296. The number of nitrogen functional groups attached to an aromatic ring is 1. The van der Waals surface area contributed by atoms with Gasteiger partial charge in [-0.3, -0.25) is 4.79 Å². The highest BCUT2D eigenvalue weighted by molar-refractivity contribution is 5.85. The molecule has 2 aromatic rings. The number of nitrogens with one attached hydrogen (secondary N) is 1. The number of hydrogen-bond donors (Lipinski definition) is 2. The highest BCUT2D eigenvalue weighted by atomic mass is 16.5. The Morgan fingerprint density at radius 1 is 1.14 bits per heavy atom. The molecule has 150 valence electrons. The van der Waals surface area contributed by atoms with Crippen LogP contribution in [0.1, 0.15) is 25.2 Å². The number of carbonyl (C=O) groups excluding carboxylic acids is 2. The van der Waals surface area contributed by atoms with Crippen LogP contribution < -0.4 is 16.0 Å². The standard InChI is InChI=1S/C19H26N6O3/c1-12(2)16(23-15(26)10-13-8-6-5-7-9-13)17(27)28-11-14-21-18(20)24-19(22-14)25(3)4/h5-9,12,16H,10-11H2,1-4H3,(H,23,26)(H2,20,21,22,24)/t16-/m1/s1. The summed E-state index contributed by atoms with van der Waals surface area (Å²) in [6.07, 6.45) is 0.188. The van der Waals surface area contributed by atoms with Gasteiger partial charge in [-0.15, -0.1) is 0 Å². The smallest absolute Gasteiger partial charge is 0.329 e. The molecule has 2 rings (SSSR count). The molecule has 1 amide bonds. The first-order chi connectivity index (χ1) is 13.3. The summed E-state index contributed by atoms with van der Waals surface area (Å²) < 4.78 is 5.31. The molecule has 0 saturated heterocycles. The highest BCUT2D eigenvalue weighted by Gasteiger charge is 2.26. The van der Waals surface area contributed by atoms with E-state index in [1.165, 1.54) is 0 Å². The lowest BCUT2D eigenvalue weighted by atomic mass is 10.0. The number of ether oxygens (including phenoxy) is 1. The fourth-order valence-electron chi connectivity index (χ4n) is 2.42. The number of aromatic nitrogens is 3. The maximum absolute atomic E-state index is 12.5. The van der Waals surface area contributed by atoms with Crippen molar-refractivity contribution in [1.82, 2.24) is 20.3 Å². The zero-order chi connectivity index (χ0) is 20.7. The van der Waals surface area contributed by atoms with Crippen LogP contribution in [0.25, 0.3) is 0 Å². The molecule has 0 radical (unpaired) electrons. The van der Waals surface area contributed by atoms with Gasteiger partial charge in [-0.2, -0.15) is 15.0 Å². The summed E-state index contributed by atoms with van der Waals surface area (Å²) in [4.78, 5) is 38.6. The van der Waals surface area contributed by atoms with Crippen LogP contribution in [-0.2, 0) is 27.4 Å². The number of hydrogen-bond acceptors (Lipinski definition) is 8. The van der Waals surface area contributed by atoms with Crippen LogP contribution in [0.2, 0.25) is 0 Å². The van der Waals surface area contributed by atoms with E-state index in [1.54, 1.807) is 19.0 Å². The SMILES string of the molecule is CC(C)[C@@H](NC(=O)Cc1ccccc1)C(=O)OCc1nc(N)nc(N(C)C)n1. The predicted molar refractivity (Wildman–Crippen MR) is 105 cm³/mol. The van der Waals surface area contributed by atoms with Crippen molar-refractivity contribution in [3.63, 3.8) is 0 Å². The maximum atomic E-state index is 12.5. The van der Waals surface area contributed by atoms with E-state index in [1.807, 2.05) is 44.2 Å². The van der Waals surface area contributed by atoms with E-state index < -0.39 is 12.0 Å². The molecule has 9 heteroatoms. The van der Waals surface area contributed by atoms with Gasteiger partial charge in [-0.25, -0.2) is 4.79 Å². The third kappa shape index (κ3) is 6.19. The number of nitrogens with two attached hydrogens (primary N) is 1. The molecule has 0 aliphatic rings. The third-order valence-corrected chi connectivity index (χ3v) is 3.88. The summed E-state index contributed by atoms with van der Waals surface area (Å²) >= 11 is 0. The molecule has 0 aliphatic carbocycles. The van der Waals surface area contributed by atoms with Crippen LogP contribution in [0.3, 0.4) is 0 Å². The first-order valence-electron chi connectivity index (χ1n) is 8.94. The zero-order valence-electron chi connectivity index (χ0n) is 16.5. The van der Waals surface area contributed by atoms with Gasteiger partial charge < -0.3 is 20.7 Å². The highest BCUT2D eigenvalue weighted by Crippen LogP contribution is 2.10. The Morgan fingerprint density at radius 3 is 2.43 bits per heavy atom. The van der Waals surface area contributed by atoms with Crippen molar-refractivity contribution in [3.05, 3.63) is 41.7 Å². The molecule has 0 saturated carbocycles. The number of benzene rings is 1. The second-order valence-corrected chi connectivity index (χ2v) is 6.86. The van der Waals surface area contributed by atoms with Crippen molar-refractivity contribution >= 4 is 23.8 Å². The van der Waals surface area contributed by atoms with Gasteiger partial charge >= 0.3 is 5.97 Å². The molecule has 9 nitrogen and oxygen atoms in total. The van der Waals surface area contributed by atoms with E-state index in [9.17, 15) is 9.59 Å². The minimum atomic E-state index is -0.774. The molecular formula is C19H26N6O3. The number of esters is 1. The van der Waals surface area contributed by atoms with Gasteiger partial charge in [-0.05, 0) is 11.5 Å². The van der Waals surface area contributed by atoms with Crippen molar-refractivity contribution in [1.29, 1.82) is 0 Å². The van der Waals surface area contributed by atoms with E-state index in [4.69, 9.17) is 10.5 Å². The van der Waals surface area contributed by atoms with Crippen LogP contribution in [0.5, 0.6) is 0 Å². The van der Waals surface area contributed by atoms with E-state index in [0.717, 1.165) is 5.56 Å². The number of carbonyl (C=O) groups is 2. The van der Waals surface area contributed by atoms with Crippen molar-refractivity contribution in [2.75, 3.05) is 24.7 Å². The van der Waals surface area contributed by atoms with Crippen molar-refractivity contribution in [2.24, 2.45) is 5.92 Å². The Morgan fingerprint density at radius 2 is 1.82 bits per heavy atom. The van der Waals surface area contributed by atoms with Crippen molar-refractivity contribution in [2.45, 2.75) is 32.9 Å². The molecule has 0 spiro atoms. The summed E-state index contributed by atoms with van der Waals surface area (Å²) in [7, 11) is 3.53. The van der Waals surface area contributed by atoms with Gasteiger partial charge in [0.2, 0.25) is 17.8 Å². The van der Waals surface area contributed by atoms with Crippen LogP contribution >= 0.6 is 0 Å². The average Bonchev–Trinajstić information content (AvgIpc) is 2.64. The van der Waals surface area contributed by atoms with Crippen molar-refractivity contribution in [3.8, 4) is 0 Å². The normalized spacial score (nSPS) is 11.8. The summed E-state index contributed by atoms with van der Waals surface area (Å²) in [6, 6.07) is 8.54. The quantitative estimate of drug-likeness (QED) is 0.643. The van der Waals surface area contributed by atoms with E-state index in [0.29, 0.717) is 5.95 Å². The second kappa shape index (κ2) is 9.63. The fraction of sp³-hybridized carbons (Fsp3) is 0.421. The third-order valence-electron chi connectivity index (χ3n) is 3.88. The Bertz CT molecular complexity index is 811. The lowest BCUT2D eigenvalue weighted by Gasteiger charge is -2.21. The Hall–Kier alpha value is -3.23. The van der Waals surface area contributed by atoms with Crippen LogP contribution in [0.15, 0.2) is 30.3 Å². The van der Waals surface area contributed by atoms with Gasteiger partial charge in [0.05, 0.1) is 6.42 Å². The number of rotatable bonds is 8. The zero-order valence-corrected chi connectivity index (χ0v) is 16.5. The summed E-state index contributed by atoms with van der Waals surface area (Å²) in [5.41, 5.74) is 6.53.